The highest BCUT2D eigenvalue weighted by atomic mass is 32.2. The van der Waals surface area contributed by atoms with E-state index in [-0.39, 0.29) is 11.7 Å². The first kappa shape index (κ1) is 18.7. The summed E-state index contributed by atoms with van der Waals surface area (Å²) in [6, 6.07) is 11.7. The van der Waals surface area contributed by atoms with Gasteiger partial charge in [0.15, 0.2) is 0 Å². The van der Waals surface area contributed by atoms with E-state index in [1.807, 2.05) is 30.3 Å². The minimum atomic E-state index is -0.187. The molecule has 2 aromatic heterocycles. The molecule has 1 N–H and O–H groups in total. The van der Waals surface area contributed by atoms with Crippen molar-refractivity contribution in [2.45, 2.75) is 31.4 Å². The average molecular weight is 411 g/mol. The fraction of sp³-hybridized carbons (Fsp3) is 0.300. The van der Waals surface area contributed by atoms with Crippen LogP contribution in [0.2, 0.25) is 0 Å². The van der Waals surface area contributed by atoms with E-state index >= 15 is 0 Å². The quantitative estimate of drug-likeness (QED) is 0.622. The Balaban J connectivity index is 1.39. The van der Waals surface area contributed by atoms with Crippen LogP contribution in [0.25, 0.3) is 11.5 Å². The molecular weight excluding hydrogens is 392 g/mol. The van der Waals surface area contributed by atoms with Crippen LogP contribution in [-0.4, -0.2) is 21.9 Å². The van der Waals surface area contributed by atoms with E-state index in [9.17, 15) is 10.1 Å². The van der Waals surface area contributed by atoms with Crippen molar-refractivity contribution >= 4 is 34.0 Å². The van der Waals surface area contributed by atoms with Crippen LogP contribution >= 0.6 is 23.1 Å². The summed E-state index contributed by atoms with van der Waals surface area (Å²) in [5.74, 6) is 0.997. The number of hydrogen-bond donors (Lipinski definition) is 1. The maximum atomic E-state index is 12.4. The first-order chi connectivity index (χ1) is 13.6. The van der Waals surface area contributed by atoms with Gasteiger partial charge in [0.2, 0.25) is 11.8 Å². The summed E-state index contributed by atoms with van der Waals surface area (Å²) < 4.78 is 5.60. The Morgan fingerprint density at radius 3 is 3.00 bits per heavy atom. The molecule has 0 fully saturated rings. The molecular formula is C20H18N4O2S2. The molecule has 8 heteroatoms. The van der Waals surface area contributed by atoms with Crippen molar-refractivity contribution in [3.05, 3.63) is 46.3 Å². The van der Waals surface area contributed by atoms with E-state index in [1.54, 1.807) is 0 Å². The van der Waals surface area contributed by atoms with Gasteiger partial charge in [-0.25, -0.2) is 0 Å². The van der Waals surface area contributed by atoms with Gasteiger partial charge in [-0.15, -0.1) is 21.5 Å². The van der Waals surface area contributed by atoms with Gasteiger partial charge in [-0.3, -0.25) is 4.79 Å². The van der Waals surface area contributed by atoms with Crippen LogP contribution in [0.1, 0.15) is 29.3 Å². The van der Waals surface area contributed by atoms with Crippen molar-refractivity contribution in [1.82, 2.24) is 10.2 Å². The largest absolute Gasteiger partial charge is 0.411 e. The number of nitriles is 1. The molecule has 0 radical (unpaired) electrons. The Labute approximate surface area is 171 Å². The maximum absolute atomic E-state index is 12.4. The lowest BCUT2D eigenvalue weighted by molar-refractivity contribution is -0.113. The summed E-state index contributed by atoms with van der Waals surface area (Å²) >= 11 is 2.71. The summed E-state index contributed by atoms with van der Waals surface area (Å²) in [5.41, 5.74) is 2.57. The van der Waals surface area contributed by atoms with Crippen molar-refractivity contribution in [2.75, 3.05) is 11.1 Å². The standard InChI is InChI=1S/C20H18N4O2S2/c1-12-7-8-14-15(10-21)19(28-16(14)9-12)22-17(25)11-27-20-24-23-18(26-20)13-5-3-2-4-6-13/h2-6,12H,7-9,11H2,1H3,(H,22,25)/t12-/m0/s1. The van der Waals surface area contributed by atoms with Crippen molar-refractivity contribution in [3.8, 4) is 17.5 Å². The van der Waals surface area contributed by atoms with E-state index < -0.39 is 0 Å². The Kier molecular flexibility index (Phi) is 5.46. The number of rotatable bonds is 5. The number of thioether (sulfide) groups is 1. The normalized spacial score (nSPS) is 15.6. The van der Waals surface area contributed by atoms with Gasteiger partial charge >= 0.3 is 0 Å². The summed E-state index contributed by atoms with van der Waals surface area (Å²) in [6.45, 7) is 2.22. The van der Waals surface area contributed by atoms with Crippen molar-refractivity contribution in [1.29, 1.82) is 5.26 Å². The number of aromatic nitrogens is 2. The molecule has 0 unspecified atom stereocenters. The molecule has 1 atom stereocenters. The zero-order valence-corrected chi connectivity index (χ0v) is 16.9. The van der Waals surface area contributed by atoms with Crippen molar-refractivity contribution in [3.63, 3.8) is 0 Å². The molecule has 142 valence electrons. The monoisotopic (exact) mass is 410 g/mol. The molecule has 1 aromatic carbocycles. The van der Waals surface area contributed by atoms with Crippen molar-refractivity contribution < 1.29 is 9.21 Å². The SMILES string of the molecule is C[C@H]1CCc2c(sc(NC(=O)CSc3nnc(-c4ccccc4)o3)c2C#N)C1. The number of nitrogens with one attached hydrogen (secondary N) is 1. The molecule has 0 bridgehead atoms. The molecule has 6 nitrogen and oxygen atoms in total. The molecule has 0 saturated heterocycles. The molecule has 4 rings (SSSR count). The maximum Gasteiger partial charge on any atom is 0.277 e. The Morgan fingerprint density at radius 2 is 2.21 bits per heavy atom. The molecule has 3 aromatic rings. The number of benzene rings is 1. The first-order valence-corrected chi connectivity index (χ1v) is 10.8. The fourth-order valence-electron chi connectivity index (χ4n) is 3.21. The van der Waals surface area contributed by atoms with Gasteiger partial charge in [-0.2, -0.15) is 5.26 Å². The van der Waals surface area contributed by atoms with Gasteiger partial charge in [-0.05, 0) is 42.9 Å². The first-order valence-electron chi connectivity index (χ1n) is 9.00. The number of anilines is 1. The van der Waals surface area contributed by atoms with Crippen LogP contribution < -0.4 is 5.32 Å². The van der Waals surface area contributed by atoms with E-state index in [4.69, 9.17) is 4.42 Å². The number of nitrogens with zero attached hydrogens (tertiary/aromatic N) is 3. The highest BCUT2D eigenvalue weighted by molar-refractivity contribution is 7.99. The second kappa shape index (κ2) is 8.17. The van der Waals surface area contributed by atoms with E-state index in [0.29, 0.717) is 27.6 Å². The van der Waals surface area contributed by atoms with Crippen LogP contribution in [0.3, 0.4) is 0 Å². The lowest BCUT2D eigenvalue weighted by Crippen LogP contribution is -2.14. The smallest absolute Gasteiger partial charge is 0.277 e. The van der Waals surface area contributed by atoms with Gasteiger partial charge in [0.25, 0.3) is 5.22 Å². The molecule has 0 saturated carbocycles. The Morgan fingerprint density at radius 1 is 1.39 bits per heavy atom. The van der Waals surface area contributed by atoms with E-state index in [2.05, 4.69) is 28.5 Å². The number of carbonyl (C=O) groups excluding carboxylic acids is 1. The average Bonchev–Trinajstić information content (AvgIpc) is 3.31. The second-order valence-corrected chi connectivity index (χ2v) is 8.78. The van der Waals surface area contributed by atoms with Gasteiger partial charge in [0.1, 0.15) is 11.1 Å². The molecule has 1 aliphatic rings. The van der Waals surface area contributed by atoms with Gasteiger partial charge in [0, 0.05) is 10.4 Å². The van der Waals surface area contributed by atoms with E-state index in [1.165, 1.54) is 28.0 Å². The van der Waals surface area contributed by atoms with Crippen LogP contribution in [0.15, 0.2) is 40.0 Å². The molecule has 2 heterocycles. The summed E-state index contributed by atoms with van der Waals surface area (Å²) in [5, 5.41) is 21.4. The minimum absolute atomic E-state index is 0.139. The lowest BCUT2D eigenvalue weighted by atomic mass is 9.89. The van der Waals surface area contributed by atoms with Crippen LogP contribution in [0, 0.1) is 17.2 Å². The third kappa shape index (κ3) is 3.96. The summed E-state index contributed by atoms with van der Waals surface area (Å²) in [4.78, 5) is 13.6. The highest BCUT2D eigenvalue weighted by Gasteiger charge is 2.24. The second-order valence-electron chi connectivity index (χ2n) is 6.74. The number of hydrogen-bond acceptors (Lipinski definition) is 7. The fourth-order valence-corrected chi connectivity index (χ4v) is 5.15. The lowest BCUT2D eigenvalue weighted by Gasteiger charge is -2.17. The predicted molar refractivity (Wildman–Crippen MR) is 109 cm³/mol. The molecule has 0 aliphatic heterocycles. The topological polar surface area (TPSA) is 91.8 Å². The minimum Gasteiger partial charge on any atom is -0.411 e. The Hall–Kier alpha value is -2.63. The zero-order chi connectivity index (χ0) is 19.5. The van der Waals surface area contributed by atoms with E-state index in [0.717, 1.165) is 30.4 Å². The van der Waals surface area contributed by atoms with Crippen molar-refractivity contribution in [2.24, 2.45) is 5.92 Å². The van der Waals surface area contributed by atoms with Crippen LogP contribution in [0.5, 0.6) is 0 Å². The van der Waals surface area contributed by atoms with Gasteiger partial charge in [0.05, 0.1) is 11.3 Å². The zero-order valence-electron chi connectivity index (χ0n) is 15.3. The predicted octanol–water partition coefficient (Wildman–Crippen LogP) is 4.53. The third-order valence-corrected chi connectivity index (χ3v) is 6.62. The van der Waals surface area contributed by atoms with Gasteiger partial charge in [-0.1, -0.05) is 36.9 Å². The van der Waals surface area contributed by atoms with Crippen LogP contribution in [0.4, 0.5) is 5.00 Å². The molecule has 1 aliphatic carbocycles. The molecule has 1 amide bonds. The summed E-state index contributed by atoms with van der Waals surface area (Å²) in [6.07, 6.45) is 2.97. The number of carbonyl (C=O) groups is 1. The number of thiophene rings is 1. The summed E-state index contributed by atoms with van der Waals surface area (Å²) in [7, 11) is 0. The Bertz CT molecular complexity index is 1040. The van der Waals surface area contributed by atoms with Crippen LogP contribution in [-0.2, 0) is 17.6 Å². The van der Waals surface area contributed by atoms with Gasteiger partial charge < -0.3 is 9.73 Å². The highest BCUT2D eigenvalue weighted by Crippen LogP contribution is 2.39. The number of amides is 1. The molecule has 0 spiro atoms. The third-order valence-electron chi connectivity index (χ3n) is 4.63. The number of fused-ring (bicyclic) bond motifs is 1. The molecule has 28 heavy (non-hydrogen) atoms.